The fourth-order valence-corrected chi connectivity index (χ4v) is 3.56. The van der Waals surface area contributed by atoms with Crippen LogP contribution in [0.5, 0.6) is 0 Å². The summed E-state index contributed by atoms with van der Waals surface area (Å²) in [5.74, 6) is -0.353. The first-order valence-corrected chi connectivity index (χ1v) is 10.2. The van der Waals surface area contributed by atoms with Crippen LogP contribution in [-0.4, -0.2) is 34.3 Å². The Balaban J connectivity index is 1.77. The van der Waals surface area contributed by atoms with Crippen molar-refractivity contribution in [3.63, 3.8) is 0 Å². The molecule has 1 N–H and O–H groups in total. The van der Waals surface area contributed by atoms with Crippen molar-refractivity contribution >= 4 is 45.3 Å². The molecule has 3 rings (SSSR count). The van der Waals surface area contributed by atoms with E-state index in [1.165, 1.54) is 18.9 Å². The van der Waals surface area contributed by atoms with Gasteiger partial charge in [-0.25, -0.2) is 4.98 Å². The Morgan fingerprint density at radius 3 is 2.54 bits per heavy atom. The molecule has 28 heavy (non-hydrogen) atoms. The first-order chi connectivity index (χ1) is 13.6. The Hall–Kier alpha value is -2.58. The minimum Gasteiger partial charge on any atom is -0.468 e. The molecule has 1 aromatic heterocycles. The van der Waals surface area contributed by atoms with Gasteiger partial charge in [0.2, 0.25) is 5.91 Å². The quantitative estimate of drug-likeness (QED) is 0.422. The van der Waals surface area contributed by atoms with Crippen molar-refractivity contribution in [1.29, 1.82) is 0 Å². The number of methoxy groups -OCH3 is 1. The largest absolute Gasteiger partial charge is 0.468 e. The number of para-hydroxylation sites is 1. The Labute approximate surface area is 175 Å². The van der Waals surface area contributed by atoms with Gasteiger partial charge in [0.25, 0.3) is 0 Å². The van der Waals surface area contributed by atoms with Gasteiger partial charge in [0, 0.05) is 10.2 Å². The lowest BCUT2D eigenvalue weighted by atomic mass is 10.2. The van der Waals surface area contributed by atoms with Gasteiger partial charge in [0.1, 0.15) is 6.54 Å². The first-order valence-electron chi connectivity index (χ1n) is 8.43. The molecule has 0 aliphatic carbocycles. The summed E-state index contributed by atoms with van der Waals surface area (Å²) in [6, 6.07) is 17.0. The molecule has 0 atom stereocenters. The van der Waals surface area contributed by atoms with Gasteiger partial charge in [-0.2, -0.15) is 0 Å². The molecule has 0 spiro atoms. The molecular weight excluding hydrogens is 442 g/mol. The molecule has 2 aromatic carbocycles. The van der Waals surface area contributed by atoms with Crippen LogP contribution in [0.4, 0.5) is 5.69 Å². The predicted octanol–water partition coefficient (Wildman–Crippen LogP) is 4.22. The molecular formula is C20H18BrN3O3S. The minimum absolute atomic E-state index is 0.0184. The molecule has 144 valence electrons. The summed E-state index contributed by atoms with van der Waals surface area (Å²) in [6.45, 7) is 0.0184. The molecule has 0 aliphatic rings. The number of aromatic nitrogens is 2. The van der Waals surface area contributed by atoms with Crippen molar-refractivity contribution in [2.24, 2.45) is 0 Å². The first kappa shape index (κ1) is 20.2. The number of carbonyl (C=O) groups is 2. The maximum absolute atomic E-state index is 12.2. The summed E-state index contributed by atoms with van der Waals surface area (Å²) >= 11 is 4.68. The normalized spacial score (nSPS) is 10.5. The zero-order valence-corrected chi connectivity index (χ0v) is 17.5. The summed E-state index contributed by atoms with van der Waals surface area (Å²) in [7, 11) is 1.35. The predicted molar refractivity (Wildman–Crippen MR) is 113 cm³/mol. The monoisotopic (exact) mass is 459 g/mol. The number of carbonyl (C=O) groups excluding carboxylic acids is 2. The number of anilines is 1. The van der Waals surface area contributed by atoms with E-state index in [0.29, 0.717) is 5.16 Å². The number of nitrogens with zero attached hydrogens (tertiary/aromatic N) is 2. The molecule has 6 nitrogen and oxygen atoms in total. The highest BCUT2D eigenvalue weighted by atomic mass is 79.9. The van der Waals surface area contributed by atoms with Crippen molar-refractivity contribution in [2.45, 2.75) is 11.7 Å². The van der Waals surface area contributed by atoms with E-state index in [0.717, 1.165) is 21.4 Å². The number of nitrogens with one attached hydrogen (secondary N) is 1. The number of ether oxygens (including phenoxy) is 1. The zero-order chi connectivity index (χ0) is 19.9. The third-order valence-electron chi connectivity index (χ3n) is 3.86. The Morgan fingerprint density at radius 2 is 1.86 bits per heavy atom. The molecule has 8 heteroatoms. The van der Waals surface area contributed by atoms with E-state index in [1.807, 2.05) is 54.6 Å². The maximum Gasteiger partial charge on any atom is 0.325 e. The number of amides is 1. The average Bonchev–Trinajstić information content (AvgIpc) is 3.10. The van der Waals surface area contributed by atoms with Crippen LogP contribution in [0.3, 0.4) is 0 Å². The highest BCUT2D eigenvalue weighted by Gasteiger charge is 2.17. The van der Waals surface area contributed by atoms with Crippen molar-refractivity contribution in [3.05, 3.63) is 65.3 Å². The van der Waals surface area contributed by atoms with E-state index in [1.54, 1.807) is 10.8 Å². The number of thioether (sulfide) groups is 1. The smallest absolute Gasteiger partial charge is 0.325 e. The van der Waals surface area contributed by atoms with Crippen LogP contribution in [0, 0.1) is 0 Å². The van der Waals surface area contributed by atoms with E-state index < -0.39 is 0 Å². The van der Waals surface area contributed by atoms with Crippen molar-refractivity contribution < 1.29 is 14.3 Å². The Kier molecular flexibility index (Phi) is 6.89. The molecule has 0 saturated heterocycles. The van der Waals surface area contributed by atoms with Crippen LogP contribution in [0.15, 0.2) is 70.4 Å². The Bertz CT molecular complexity index is 959. The molecule has 0 bridgehead atoms. The third-order valence-corrected chi connectivity index (χ3v) is 5.38. The fourth-order valence-electron chi connectivity index (χ4n) is 2.52. The van der Waals surface area contributed by atoms with Crippen LogP contribution in [0.1, 0.15) is 0 Å². The van der Waals surface area contributed by atoms with Crippen molar-refractivity contribution in [1.82, 2.24) is 9.55 Å². The van der Waals surface area contributed by atoms with Crippen LogP contribution >= 0.6 is 27.7 Å². The van der Waals surface area contributed by atoms with Crippen molar-refractivity contribution in [3.8, 4) is 11.3 Å². The molecule has 0 aliphatic heterocycles. The van der Waals surface area contributed by atoms with E-state index in [-0.39, 0.29) is 24.2 Å². The SMILES string of the molecule is COC(=O)Cn1c(-c2ccc(Br)cc2)cnc1SCC(=O)Nc1ccccc1. The van der Waals surface area contributed by atoms with E-state index in [9.17, 15) is 9.59 Å². The summed E-state index contributed by atoms with van der Waals surface area (Å²) in [5, 5.41) is 3.41. The number of halogens is 1. The lowest BCUT2D eigenvalue weighted by molar-refractivity contribution is -0.141. The minimum atomic E-state index is -0.382. The van der Waals surface area contributed by atoms with Gasteiger partial charge >= 0.3 is 5.97 Å². The second-order valence-electron chi connectivity index (χ2n) is 5.80. The summed E-state index contributed by atoms with van der Waals surface area (Å²) in [6.07, 6.45) is 1.70. The van der Waals surface area contributed by atoms with Crippen LogP contribution in [0.2, 0.25) is 0 Å². The van der Waals surface area contributed by atoms with Gasteiger partial charge in [-0.15, -0.1) is 0 Å². The fraction of sp³-hybridized carbons (Fsp3) is 0.150. The lowest BCUT2D eigenvalue weighted by Crippen LogP contribution is -2.16. The molecule has 0 fully saturated rings. The maximum atomic E-state index is 12.2. The van der Waals surface area contributed by atoms with Gasteiger partial charge in [0.15, 0.2) is 5.16 Å². The standard InChI is InChI=1S/C20H18BrN3O3S/c1-27-19(26)12-24-17(14-7-9-15(21)10-8-14)11-22-20(24)28-13-18(25)23-16-5-3-2-4-6-16/h2-11H,12-13H2,1H3,(H,23,25). The lowest BCUT2D eigenvalue weighted by Gasteiger charge is -2.11. The van der Waals surface area contributed by atoms with Gasteiger partial charge < -0.3 is 14.6 Å². The number of rotatable bonds is 7. The van der Waals surface area contributed by atoms with Crippen LogP contribution < -0.4 is 5.32 Å². The topological polar surface area (TPSA) is 73.2 Å². The highest BCUT2D eigenvalue weighted by molar-refractivity contribution is 9.10. The highest BCUT2D eigenvalue weighted by Crippen LogP contribution is 2.27. The van der Waals surface area contributed by atoms with Gasteiger partial charge in [-0.1, -0.05) is 58.0 Å². The number of hydrogen-bond donors (Lipinski definition) is 1. The zero-order valence-electron chi connectivity index (χ0n) is 15.1. The number of hydrogen-bond acceptors (Lipinski definition) is 5. The summed E-state index contributed by atoms with van der Waals surface area (Å²) in [5.41, 5.74) is 2.44. The van der Waals surface area contributed by atoms with Crippen LogP contribution in [0.25, 0.3) is 11.3 Å². The van der Waals surface area contributed by atoms with E-state index >= 15 is 0 Å². The van der Waals surface area contributed by atoms with Gasteiger partial charge in [-0.05, 0) is 29.8 Å². The summed E-state index contributed by atoms with van der Waals surface area (Å²) in [4.78, 5) is 28.5. The second kappa shape index (κ2) is 9.57. The van der Waals surface area contributed by atoms with Gasteiger partial charge in [0.05, 0.1) is 24.8 Å². The molecule has 0 saturated carbocycles. The molecule has 3 aromatic rings. The van der Waals surface area contributed by atoms with E-state index in [4.69, 9.17) is 4.74 Å². The third kappa shape index (κ3) is 5.24. The second-order valence-corrected chi connectivity index (χ2v) is 7.66. The van der Waals surface area contributed by atoms with E-state index in [2.05, 4.69) is 26.2 Å². The molecule has 1 heterocycles. The van der Waals surface area contributed by atoms with Crippen molar-refractivity contribution in [2.75, 3.05) is 18.2 Å². The summed E-state index contributed by atoms with van der Waals surface area (Å²) < 4.78 is 7.53. The van der Waals surface area contributed by atoms with Gasteiger partial charge in [-0.3, -0.25) is 9.59 Å². The molecule has 0 radical (unpaired) electrons. The average molecular weight is 460 g/mol. The molecule has 1 amide bonds. The molecule has 0 unspecified atom stereocenters. The number of benzene rings is 2. The van der Waals surface area contributed by atoms with Crippen LogP contribution in [-0.2, 0) is 20.9 Å². The Morgan fingerprint density at radius 1 is 1.14 bits per heavy atom. The number of imidazole rings is 1. The number of esters is 1.